The number of hydrogen-bond donors (Lipinski definition) is 3. The zero-order chi connectivity index (χ0) is 46.0. The molecule has 3 heterocycles. The summed E-state index contributed by atoms with van der Waals surface area (Å²) in [5.41, 5.74) is 4.40. The van der Waals surface area contributed by atoms with Crippen LogP contribution in [0.1, 0.15) is 66.5 Å². The van der Waals surface area contributed by atoms with Gasteiger partial charge in [-0.2, -0.15) is 25.4 Å². The molecule has 2 aromatic carbocycles. The molecule has 8 atom stereocenters. The van der Waals surface area contributed by atoms with Gasteiger partial charge >= 0.3 is 27.4 Å². The van der Waals surface area contributed by atoms with Crippen LogP contribution in [0.5, 0.6) is 17.4 Å². The van der Waals surface area contributed by atoms with Crippen LogP contribution in [0.3, 0.4) is 0 Å². The SMILES string of the molecule is CCCCOC(=O)C(C)NP(=O)(OCC1OC(n2cnc3c(OC)nc(N)nc32)C(C)(C#N)C1OP(=O)(NC(C)C(=O)OCCCC)Oc1ccc(Cl)cc1)Oc1ccc(Cl)cc1. The monoisotopic (exact) mass is 954 g/mol. The molecule has 20 nitrogen and oxygen atoms in total. The van der Waals surface area contributed by atoms with Crippen LogP contribution in [0.25, 0.3) is 11.2 Å². The molecule has 0 amide bonds. The van der Waals surface area contributed by atoms with Gasteiger partial charge in [-0.25, -0.2) is 14.1 Å². The Labute approximate surface area is 374 Å². The number of anilines is 1. The Balaban J connectivity index is 1.58. The summed E-state index contributed by atoms with van der Waals surface area (Å²) in [7, 11) is -8.04. The number of hydrogen-bond acceptors (Lipinski definition) is 17. The van der Waals surface area contributed by atoms with Crippen molar-refractivity contribution < 1.29 is 55.8 Å². The van der Waals surface area contributed by atoms with Crippen molar-refractivity contribution in [3.05, 3.63) is 64.9 Å². The van der Waals surface area contributed by atoms with Crippen molar-refractivity contribution in [1.82, 2.24) is 29.7 Å². The Hall–Kier alpha value is -4.54. The number of nitrogen functional groups attached to an aromatic ring is 1. The van der Waals surface area contributed by atoms with E-state index in [0.717, 1.165) is 12.8 Å². The van der Waals surface area contributed by atoms with Crippen LogP contribution in [0.4, 0.5) is 5.95 Å². The number of methoxy groups -OCH3 is 1. The van der Waals surface area contributed by atoms with Gasteiger partial charge in [-0.15, -0.1) is 0 Å². The number of nitrogens with zero attached hydrogens (tertiary/aromatic N) is 5. The third-order valence-corrected chi connectivity index (χ3v) is 13.3. The molecule has 0 radical (unpaired) electrons. The number of nitriles is 1. The summed E-state index contributed by atoms with van der Waals surface area (Å²) in [6.07, 6.45) is -0.470. The molecule has 0 aliphatic carbocycles. The number of benzene rings is 2. The van der Waals surface area contributed by atoms with E-state index < -0.39 is 70.0 Å². The lowest BCUT2D eigenvalue weighted by Crippen LogP contribution is -2.43. The first-order valence-electron chi connectivity index (χ1n) is 19.9. The van der Waals surface area contributed by atoms with Crippen LogP contribution in [0.15, 0.2) is 54.9 Å². The van der Waals surface area contributed by atoms with E-state index in [1.165, 1.54) is 87.3 Å². The van der Waals surface area contributed by atoms with Gasteiger partial charge in [-0.3, -0.25) is 23.2 Å². The zero-order valence-electron chi connectivity index (χ0n) is 35.4. The minimum absolute atomic E-state index is 0.00783. The fourth-order valence-electron chi connectivity index (χ4n) is 6.12. The van der Waals surface area contributed by atoms with Crippen LogP contribution in [0.2, 0.25) is 10.0 Å². The number of nitrogens with one attached hydrogen (secondary N) is 2. The number of unbranched alkanes of at least 4 members (excludes halogenated alkanes) is 2. The number of nitrogens with two attached hydrogens (primary N) is 1. The summed E-state index contributed by atoms with van der Waals surface area (Å²) in [5, 5.41) is 17.0. The summed E-state index contributed by atoms with van der Waals surface area (Å²) < 4.78 is 78.1. The number of carbonyl (C=O) groups excluding carboxylic acids is 2. The second kappa shape index (κ2) is 21.9. The van der Waals surface area contributed by atoms with Crippen molar-refractivity contribution in [1.29, 1.82) is 5.26 Å². The largest absolute Gasteiger partial charge is 0.479 e. The van der Waals surface area contributed by atoms with Crippen molar-refractivity contribution in [2.75, 3.05) is 32.7 Å². The first kappa shape index (κ1) is 49.5. The maximum Gasteiger partial charge on any atom is 0.459 e. The number of fused-ring (bicyclic) bond motifs is 1. The molecular weight excluding hydrogens is 905 g/mol. The van der Waals surface area contributed by atoms with Crippen LogP contribution in [-0.2, 0) is 42.0 Å². The van der Waals surface area contributed by atoms with Crippen LogP contribution in [-0.4, -0.2) is 82.7 Å². The molecule has 24 heteroatoms. The quantitative estimate of drug-likeness (QED) is 0.0368. The number of aromatic nitrogens is 4. The molecule has 0 bridgehead atoms. The fourth-order valence-corrected chi connectivity index (χ4v) is 9.67. The van der Waals surface area contributed by atoms with Gasteiger partial charge in [0.05, 0.1) is 39.3 Å². The molecule has 8 unspecified atom stereocenters. The Kier molecular flexibility index (Phi) is 17.2. The second-order valence-electron chi connectivity index (χ2n) is 14.5. The lowest BCUT2D eigenvalue weighted by atomic mass is 9.84. The highest BCUT2D eigenvalue weighted by Gasteiger charge is 2.60. The number of rotatable bonds is 23. The van der Waals surface area contributed by atoms with Crippen molar-refractivity contribution in [3.63, 3.8) is 0 Å². The molecule has 1 saturated heterocycles. The molecule has 1 aliphatic rings. The highest BCUT2D eigenvalue weighted by Crippen LogP contribution is 2.56. The summed E-state index contributed by atoms with van der Waals surface area (Å²) >= 11 is 12.2. The van der Waals surface area contributed by atoms with E-state index in [2.05, 4.69) is 31.2 Å². The van der Waals surface area contributed by atoms with Crippen molar-refractivity contribution in [3.8, 4) is 23.4 Å². The highest BCUT2D eigenvalue weighted by molar-refractivity contribution is 7.52. The molecule has 342 valence electrons. The van der Waals surface area contributed by atoms with Gasteiger partial charge < -0.3 is 33.7 Å². The van der Waals surface area contributed by atoms with Gasteiger partial charge in [0.25, 0.3) is 0 Å². The fraction of sp³-hybridized carbons (Fsp3) is 0.487. The van der Waals surface area contributed by atoms with E-state index in [-0.39, 0.29) is 47.7 Å². The van der Waals surface area contributed by atoms with E-state index in [0.29, 0.717) is 22.9 Å². The van der Waals surface area contributed by atoms with Crippen LogP contribution < -0.4 is 29.7 Å². The molecule has 0 spiro atoms. The van der Waals surface area contributed by atoms with Gasteiger partial charge in [0.15, 0.2) is 17.4 Å². The molecule has 1 fully saturated rings. The number of esters is 2. The van der Waals surface area contributed by atoms with Crippen molar-refractivity contribution in [2.24, 2.45) is 5.41 Å². The Morgan fingerprint density at radius 3 is 1.95 bits per heavy atom. The summed E-state index contributed by atoms with van der Waals surface area (Å²) in [6.45, 7) is 7.62. The lowest BCUT2D eigenvalue weighted by Gasteiger charge is -2.32. The maximum absolute atomic E-state index is 15.1. The molecule has 1 aliphatic heterocycles. The van der Waals surface area contributed by atoms with Gasteiger partial charge in [-0.1, -0.05) is 49.9 Å². The predicted molar refractivity (Wildman–Crippen MR) is 231 cm³/mol. The normalized spacial score (nSPS) is 21.3. The molecule has 63 heavy (non-hydrogen) atoms. The summed E-state index contributed by atoms with van der Waals surface area (Å²) in [4.78, 5) is 38.9. The third kappa shape index (κ3) is 12.6. The van der Waals surface area contributed by atoms with E-state index in [4.69, 9.17) is 66.0 Å². The Morgan fingerprint density at radius 1 is 0.921 bits per heavy atom. The van der Waals surface area contributed by atoms with E-state index >= 15 is 4.57 Å². The zero-order valence-corrected chi connectivity index (χ0v) is 38.7. The second-order valence-corrected chi connectivity index (χ2v) is 18.7. The Bertz CT molecular complexity index is 2340. The van der Waals surface area contributed by atoms with Gasteiger partial charge in [-0.05, 0) is 82.1 Å². The highest BCUT2D eigenvalue weighted by atomic mass is 35.5. The average Bonchev–Trinajstić information content (AvgIpc) is 3.78. The minimum atomic E-state index is -4.79. The first-order chi connectivity index (χ1) is 30.0. The maximum atomic E-state index is 15.1. The molecule has 2 aromatic heterocycles. The molecule has 4 N–H and O–H groups in total. The lowest BCUT2D eigenvalue weighted by molar-refractivity contribution is -0.146. The third-order valence-electron chi connectivity index (χ3n) is 9.47. The molecule has 4 aromatic rings. The van der Waals surface area contributed by atoms with Crippen molar-refractivity contribution >= 4 is 67.7 Å². The number of carbonyl (C=O) groups is 2. The van der Waals surface area contributed by atoms with Crippen molar-refractivity contribution in [2.45, 2.75) is 90.8 Å². The van der Waals surface area contributed by atoms with E-state index in [1.54, 1.807) is 0 Å². The predicted octanol–water partition coefficient (Wildman–Crippen LogP) is 7.57. The van der Waals surface area contributed by atoms with E-state index in [9.17, 15) is 19.4 Å². The number of imidazole rings is 1. The molecular formula is C39H50Cl2N8O12P2. The summed E-state index contributed by atoms with van der Waals surface area (Å²) in [5.74, 6) is -1.61. The van der Waals surface area contributed by atoms with Crippen LogP contribution >= 0.6 is 38.7 Å². The number of ether oxygens (including phenoxy) is 4. The number of halogens is 2. The smallest absolute Gasteiger partial charge is 0.459 e. The molecule has 5 rings (SSSR count). The topological polar surface area (TPSA) is 260 Å². The standard InChI is InChI=1S/C39H50Cl2N8O12P2/c1-7-9-19-55-35(50)24(3)47-62(52,59-28-15-11-26(40)12-16-28)57-21-30-32(39(5,22-42)37(58-30)49-23-44-31-33(49)45-38(43)46-34(31)54-6)61-63(53,60-29-17-13-27(41)14-18-29)48-25(4)36(51)56-20-10-8-2/h11-18,23-25,30,32,37H,7-10,19-21H2,1-6H3,(H,47,52)(H,48,53)(H2,43,45,46). The average molecular weight is 956 g/mol. The summed E-state index contributed by atoms with van der Waals surface area (Å²) in [6, 6.07) is 11.4. The van der Waals surface area contributed by atoms with Gasteiger partial charge in [0.1, 0.15) is 41.2 Å². The Morgan fingerprint density at radius 2 is 1.44 bits per heavy atom. The minimum Gasteiger partial charge on any atom is -0.479 e. The molecule has 0 saturated carbocycles. The first-order valence-corrected chi connectivity index (χ1v) is 23.7. The van der Waals surface area contributed by atoms with E-state index in [1.807, 2.05) is 13.8 Å². The van der Waals surface area contributed by atoms with Gasteiger partial charge in [0, 0.05) is 10.0 Å². The van der Waals surface area contributed by atoms with Crippen LogP contribution in [0, 0.1) is 16.7 Å². The van der Waals surface area contributed by atoms with Gasteiger partial charge in [0.2, 0.25) is 11.8 Å².